The average molecular weight is 606 g/mol. The molecule has 0 bridgehead atoms. The Kier molecular flexibility index (Phi) is 7.55. The molecule has 2 N–H and O–H groups in total. The maximum absolute atomic E-state index is 13.9. The van der Waals surface area contributed by atoms with E-state index in [2.05, 4.69) is 32.8 Å². The molecule has 2 amide bonds. The largest absolute Gasteiger partial charge is 0.454 e. The maximum Gasteiger partial charge on any atom is 0.255 e. The number of rotatable bonds is 6. The van der Waals surface area contributed by atoms with Gasteiger partial charge < -0.3 is 15.1 Å². The van der Waals surface area contributed by atoms with E-state index in [-0.39, 0.29) is 17.6 Å². The molecular weight excluding hydrogens is 573 g/mol. The second-order valence-corrected chi connectivity index (χ2v) is 12.3. The summed E-state index contributed by atoms with van der Waals surface area (Å²) in [4.78, 5) is 26.6. The van der Waals surface area contributed by atoms with Crippen LogP contribution >= 0.6 is 11.9 Å². The van der Waals surface area contributed by atoms with Crippen LogP contribution in [-0.4, -0.2) is 34.6 Å². The van der Waals surface area contributed by atoms with Gasteiger partial charge in [0.1, 0.15) is 17.2 Å². The van der Waals surface area contributed by atoms with E-state index in [9.17, 15) is 14.0 Å². The van der Waals surface area contributed by atoms with Gasteiger partial charge in [-0.1, -0.05) is 42.5 Å². The zero-order valence-electron chi connectivity index (χ0n) is 25.1. The second-order valence-electron chi connectivity index (χ2n) is 11.6. The number of hydrogen-bond donors (Lipinski definition) is 2. The van der Waals surface area contributed by atoms with E-state index in [4.69, 9.17) is 4.42 Å². The van der Waals surface area contributed by atoms with Crippen LogP contribution in [0.4, 0.5) is 4.39 Å². The number of carbonyl (C=O) groups excluding carboxylic acids is 2. The smallest absolute Gasteiger partial charge is 0.255 e. The summed E-state index contributed by atoms with van der Waals surface area (Å²) < 4.78 is 22.6. The van der Waals surface area contributed by atoms with Crippen molar-refractivity contribution in [3.63, 3.8) is 0 Å². The van der Waals surface area contributed by atoms with Crippen molar-refractivity contribution in [3.8, 4) is 33.7 Å². The second kappa shape index (κ2) is 11.4. The lowest BCUT2D eigenvalue weighted by Gasteiger charge is -2.20. The number of fused-ring (bicyclic) bond motifs is 3. The van der Waals surface area contributed by atoms with Crippen LogP contribution in [0.5, 0.6) is 0 Å². The third kappa shape index (κ3) is 5.26. The number of aromatic nitrogens is 1. The van der Waals surface area contributed by atoms with Gasteiger partial charge in [0.25, 0.3) is 11.8 Å². The number of nitrogens with one attached hydrogen (secondary N) is 2. The quantitative estimate of drug-likeness (QED) is 0.200. The van der Waals surface area contributed by atoms with Crippen LogP contribution in [0.2, 0.25) is 0 Å². The molecule has 0 saturated heterocycles. The van der Waals surface area contributed by atoms with Gasteiger partial charge in [0.2, 0.25) is 0 Å². The predicted octanol–water partition coefficient (Wildman–Crippen LogP) is 8.54. The number of amides is 2. The van der Waals surface area contributed by atoms with Gasteiger partial charge in [-0.3, -0.25) is 13.6 Å². The lowest BCUT2D eigenvalue weighted by atomic mass is 9.96. The van der Waals surface area contributed by atoms with Crippen molar-refractivity contribution in [2.75, 3.05) is 13.3 Å². The van der Waals surface area contributed by atoms with Crippen LogP contribution in [-0.2, 0) is 0 Å². The first-order valence-corrected chi connectivity index (χ1v) is 15.4. The molecular formula is C36H32FN3O3S. The monoisotopic (exact) mass is 605 g/mol. The summed E-state index contributed by atoms with van der Waals surface area (Å²) >= 11 is 1.56. The fourth-order valence-electron chi connectivity index (χ4n) is 5.53. The predicted molar refractivity (Wildman–Crippen MR) is 177 cm³/mol. The molecule has 0 spiro atoms. The van der Waals surface area contributed by atoms with E-state index in [1.165, 1.54) is 12.1 Å². The summed E-state index contributed by atoms with van der Waals surface area (Å²) in [5.74, 6) is -0.514. The van der Waals surface area contributed by atoms with Gasteiger partial charge in [0.15, 0.2) is 0 Å². The van der Waals surface area contributed by atoms with Crippen LogP contribution in [0.3, 0.4) is 0 Å². The molecule has 0 aliphatic heterocycles. The van der Waals surface area contributed by atoms with E-state index >= 15 is 0 Å². The molecule has 222 valence electrons. The molecule has 0 unspecified atom stereocenters. The summed E-state index contributed by atoms with van der Waals surface area (Å²) in [7, 11) is 1.57. The van der Waals surface area contributed by atoms with Crippen LogP contribution in [0.25, 0.3) is 55.6 Å². The van der Waals surface area contributed by atoms with Gasteiger partial charge >= 0.3 is 0 Å². The first-order valence-electron chi connectivity index (χ1n) is 14.3. The van der Waals surface area contributed by atoms with Crippen molar-refractivity contribution >= 4 is 45.6 Å². The molecule has 6 nitrogen and oxygen atoms in total. The van der Waals surface area contributed by atoms with Crippen LogP contribution < -0.4 is 10.6 Å². The summed E-state index contributed by atoms with van der Waals surface area (Å²) in [5, 5.41) is 7.23. The van der Waals surface area contributed by atoms with Crippen molar-refractivity contribution in [2.45, 2.75) is 26.3 Å². The zero-order valence-corrected chi connectivity index (χ0v) is 25.9. The molecule has 2 heterocycles. The number of carbonyl (C=O) groups is 2. The normalized spacial score (nSPS) is 11.7. The lowest BCUT2D eigenvalue weighted by molar-refractivity contribution is 0.0918. The molecule has 6 rings (SSSR count). The Morgan fingerprint density at radius 3 is 2.18 bits per heavy atom. The molecule has 0 aliphatic rings. The van der Waals surface area contributed by atoms with Crippen LogP contribution in [0.1, 0.15) is 41.5 Å². The molecule has 0 fully saturated rings. The first kappa shape index (κ1) is 29.3. The first-order chi connectivity index (χ1) is 21.1. The molecule has 44 heavy (non-hydrogen) atoms. The highest BCUT2D eigenvalue weighted by Crippen LogP contribution is 2.45. The van der Waals surface area contributed by atoms with Gasteiger partial charge in [0, 0.05) is 46.3 Å². The molecule has 4 aromatic carbocycles. The Bertz CT molecular complexity index is 2040. The topological polar surface area (TPSA) is 76.3 Å². The van der Waals surface area contributed by atoms with Crippen molar-refractivity contribution in [1.29, 1.82) is 0 Å². The van der Waals surface area contributed by atoms with E-state index in [0.29, 0.717) is 33.4 Å². The van der Waals surface area contributed by atoms with E-state index in [1.807, 2.05) is 69.5 Å². The van der Waals surface area contributed by atoms with Gasteiger partial charge in [-0.05, 0) is 92.4 Å². The number of benzene rings is 4. The fraction of sp³-hybridized carbons (Fsp3) is 0.167. The van der Waals surface area contributed by atoms with Crippen molar-refractivity contribution in [1.82, 2.24) is 14.6 Å². The van der Waals surface area contributed by atoms with Crippen molar-refractivity contribution in [2.24, 2.45) is 0 Å². The molecule has 0 atom stereocenters. The highest BCUT2D eigenvalue weighted by atomic mass is 32.2. The number of nitrogens with zero attached hydrogens (tertiary/aromatic N) is 1. The van der Waals surface area contributed by atoms with Gasteiger partial charge in [0.05, 0.1) is 16.8 Å². The third-order valence-electron chi connectivity index (χ3n) is 7.43. The summed E-state index contributed by atoms with van der Waals surface area (Å²) in [6.07, 6.45) is 2.01. The maximum atomic E-state index is 13.9. The Hall–Kier alpha value is -4.82. The Morgan fingerprint density at radius 1 is 0.818 bits per heavy atom. The van der Waals surface area contributed by atoms with Gasteiger partial charge in [-0.15, -0.1) is 0 Å². The van der Waals surface area contributed by atoms with Crippen molar-refractivity contribution < 1.29 is 18.4 Å². The van der Waals surface area contributed by atoms with E-state index < -0.39 is 5.54 Å². The van der Waals surface area contributed by atoms with Crippen LogP contribution in [0, 0.1) is 5.82 Å². The number of hydrogen-bond acceptors (Lipinski definition) is 4. The molecule has 0 radical (unpaired) electrons. The minimum absolute atomic E-state index is 0.171. The Morgan fingerprint density at radius 2 is 1.52 bits per heavy atom. The molecule has 0 saturated carbocycles. The van der Waals surface area contributed by atoms with E-state index in [1.54, 1.807) is 37.2 Å². The number of furan rings is 1. The van der Waals surface area contributed by atoms with Gasteiger partial charge in [-0.2, -0.15) is 0 Å². The summed E-state index contributed by atoms with van der Waals surface area (Å²) in [6.45, 7) is 5.84. The highest BCUT2D eigenvalue weighted by Gasteiger charge is 2.27. The molecule has 2 aromatic heterocycles. The average Bonchev–Trinajstić information content (AvgIpc) is 3.59. The minimum Gasteiger partial charge on any atom is -0.454 e. The fourth-order valence-corrected chi connectivity index (χ4v) is 6.26. The SMILES string of the molecule is CNC(=O)c1c(-c2ccc(F)cc2)oc2c1cc(-c1cccc(C(=O)NC(C)(C)C)c1)c1c2cc(-c2ccccc2)n1SC. The lowest BCUT2D eigenvalue weighted by Crippen LogP contribution is -2.40. The van der Waals surface area contributed by atoms with Gasteiger partial charge in [-0.25, -0.2) is 4.39 Å². The van der Waals surface area contributed by atoms with Crippen LogP contribution in [0.15, 0.2) is 95.4 Å². The van der Waals surface area contributed by atoms with E-state index in [0.717, 1.165) is 33.3 Å². The zero-order chi connectivity index (χ0) is 31.2. The van der Waals surface area contributed by atoms with Crippen molar-refractivity contribution in [3.05, 3.63) is 108 Å². The third-order valence-corrected chi connectivity index (χ3v) is 8.17. The molecule has 6 aromatic rings. The number of halogens is 1. The standard InChI is InChI=1S/C36H32FN3O3S/c1-36(2,3)39-34(41)24-13-9-12-23(18-24)26-19-27-30(35(42)38-4)32(22-14-16-25(37)17-15-22)43-33(27)28-20-29(40(44-5)31(26)28)21-10-7-6-8-11-21/h6-20H,1-5H3,(H,38,42)(H,39,41). The minimum atomic E-state index is -0.395. The highest BCUT2D eigenvalue weighted by molar-refractivity contribution is 7.97. The molecule has 0 aliphatic carbocycles. The summed E-state index contributed by atoms with van der Waals surface area (Å²) in [5.41, 5.74) is 6.16. The Labute approximate surface area is 259 Å². The summed E-state index contributed by atoms with van der Waals surface area (Å²) in [6, 6.07) is 27.5. The molecule has 8 heteroatoms. The Balaban J connectivity index is 1.71.